The van der Waals surface area contributed by atoms with Gasteiger partial charge < -0.3 is 23.7 Å². The highest BCUT2D eigenvalue weighted by molar-refractivity contribution is 5.89. The van der Waals surface area contributed by atoms with E-state index in [2.05, 4.69) is 0 Å². The minimum absolute atomic E-state index is 0.222. The lowest BCUT2D eigenvalue weighted by Crippen LogP contribution is -2.76. The lowest BCUT2D eigenvalue weighted by atomic mass is 9.48. The SMILES string of the molecule is CC[C@@H](C)C(=O)O[C@H]1[C@@H]2[C@H](OC(C)=O)[C@@]3(OC2(C)C)[C@@H](C)CC[C@H](OC(=O)C=Cc2ccccc2)[C@]3(C)[C@H]1OC(=O)c1ccccc1. The standard InChI is InChI=1S/C38H46O9/c1-8-23(2)34(41)45-31-30-32(43-25(4)39)38(47-36(30,5)6)24(3)19-21-28(44-29(40)22-20-26-15-11-9-12-16-26)37(38,7)33(31)46-35(42)27-17-13-10-14-18-27/h9-18,20,22-24,28,30-33H,8,19,21H2,1-7H3/t23-,24+,28+,30-,31+,32+,33+,37-,38+/m1/s1. The Bertz CT molecular complexity index is 1500. The molecule has 2 aromatic rings. The van der Waals surface area contributed by atoms with Gasteiger partial charge >= 0.3 is 23.9 Å². The monoisotopic (exact) mass is 646 g/mol. The van der Waals surface area contributed by atoms with Crippen molar-refractivity contribution in [2.24, 2.45) is 23.2 Å². The smallest absolute Gasteiger partial charge is 0.338 e. The summed E-state index contributed by atoms with van der Waals surface area (Å²) < 4.78 is 32.3. The summed E-state index contributed by atoms with van der Waals surface area (Å²) in [4.78, 5) is 53.7. The third-order valence-electron chi connectivity index (χ3n) is 10.6. The molecule has 0 unspecified atom stereocenters. The summed E-state index contributed by atoms with van der Waals surface area (Å²) in [5.41, 5.74) is -2.44. The number of hydrogen-bond acceptors (Lipinski definition) is 9. The summed E-state index contributed by atoms with van der Waals surface area (Å²) in [7, 11) is 0. The Kier molecular flexibility index (Phi) is 9.69. The fourth-order valence-electron chi connectivity index (χ4n) is 8.12. The van der Waals surface area contributed by atoms with E-state index in [1.54, 1.807) is 43.3 Å². The van der Waals surface area contributed by atoms with Crippen molar-refractivity contribution < 1.29 is 42.9 Å². The van der Waals surface area contributed by atoms with Crippen molar-refractivity contribution in [3.63, 3.8) is 0 Å². The molecule has 0 amide bonds. The van der Waals surface area contributed by atoms with Gasteiger partial charge in [0.15, 0.2) is 6.10 Å². The van der Waals surface area contributed by atoms with E-state index in [0.717, 1.165) is 5.56 Å². The molecule has 9 atom stereocenters. The van der Waals surface area contributed by atoms with E-state index in [-0.39, 0.29) is 5.92 Å². The van der Waals surface area contributed by atoms with Crippen LogP contribution in [0.25, 0.3) is 6.08 Å². The summed E-state index contributed by atoms with van der Waals surface area (Å²) in [5.74, 6) is -3.56. The average molecular weight is 647 g/mol. The zero-order valence-electron chi connectivity index (χ0n) is 28.3. The zero-order valence-corrected chi connectivity index (χ0v) is 28.3. The van der Waals surface area contributed by atoms with Crippen molar-refractivity contribution in [1.82, 2.24) is 0 Å². The second kappa shape index (κ2) is 13.3. The number of rotatable bonds is 9. The Morgan fingerprint density at radius 3 is 2.15 bits per heavy atom. The van der Waals surface area contributed by atoms with Gasteiger partial charge in [0.2, 0.25) is 0 Å². The maximum Gasteiger partial charge on any atom is 0.338 e. The maximum atomic E-state index is 13.9. The highest BCUT2D eigenvalue weighted by atomic mass is 16.6. The minimum Gasteiger partial charge on any atom is -0.459 e. The van der Waals surface area contributed by atoms with Gasteiger partial charge in [0.1, 0.15) is 23.9 Å². The molecule has 9 nitrogen and oxygen atoms in total. The van der Waals surface area contributed by atoms with Crippen molar-refractivity contribution >= 4 is 30.0 Å². The first-order chi connectivity index (χ1) is 22.3. The van der Waals surface area contributed by atoms with E-state index >= 15 is 0 Å². The van der Waals surface area contributed by atoms with E-state index < -0.39 is 76.7 Å². The second-order valence-corrected chi connectivity index (χ2v) is 13.9. The number of carbonyl (C=O) groups excluding carboxylic acids is 4. The minimum atomic E-state index is -1.32. The Labute approximate surface area is 276 Å². The van der Waals surface area contributed by atoms with Crippen molar-refractivity contribution in [2.45, 2.75) is 103 Å². The van der Waals surface area contributed by atoms with Crippen LogP contribution in [0, 0.1) is 23.2 Å². The lowest BCUT2D eigenvalue weighted by molar-refractivity contribution is -0.299. The molecule has 0 radical (unpaired) electrons. The number of ether oxygens (including phenoxy) is 5. The van der Waals surface area contributed by atoms with Gasteiger partial charge in [0.05, 0.1) is 28.4 Å². The molecule has 1 spiro atoms. The van der Waals surface area contributed by atoms with Crippen LogP contribution in [-0.2, 0) is 38.1 Å². The molecule has 252 valence electrons. The van der Waals surface area contributed by atoms with Gasteiger partial charge in [-0.3, -0.25) is 9.59 Å². The van der Waals surface area contributed by atoms with Gasteiger partial charge in [0, 0.05) is 13.0 Å². The van der Waals surface area contributed by atoms with E-state index in [0.29, 0.717) is 24.8 Å². The first kappa shape index (κ1) is 34.4. The average Bonchev–Trinajstić information content (AvgIpc) is 3.25. The van der Waals surface area contributed by atoms with Gasteiger partial charge in [-0.05, 0) is 69.7 Å². The number of fused-ring (bicyclic) bond motifs is 1. The van der Waals surface area contributed by atoms with Crippen molar-refractivity contribution in [2.75, 3.05) is 0 Å². The lowest BCUT2D eigenvalue weighted by Gasteiger charge is -2.62. The van der Waals surface area contributed by atoms with Crippen LogP contribution in [0.2, 0.25) is 0 Å². The fourth-order valence-corrected chi connectivity index (χ4v) is 8.12. The van der Waals surface area contributed by atoms with Gasteiger partial charge in [-0.15, -0.1) is 0 Å². The fraction of sp³-hybridized carbons (Fsp3) is 0.526. The molecule has 2 bridgehead atoms. The van der Waals surface area contributed by atoms with E-state index in [1.807, 2.05) is 65.0 Å². The maximum absolute atomic E-state index is 13.9. The molecule has 2 saturated carbocycles. The molecule has 2 aromatic carbocycles. The third-order valence-corrected chi connectivity index (χ3v) is 10.6. The first-order valence-corrected chi connectivity index (χ1v) is 16.5. The summed E-state index contributed by atoms with van der Waals surface area (Å²) in [5, 5.41) is 0. The van der Waals surface area contributed by atoms with Crippen LogP contribution in [0.1, 0.15) is 83.7 Å². The van der Waals surface area contributed by atoms with Gasteiger partial charge in [-0.25, -0.2) is 9.59 Å². The normalized spacial score (nSPS) is 32.9. The third kappa shape index (κ3) is 6.10. The van der Waals surface area contributed by atoms with Crippen molar-refractivity contribution in [3.8, 4) is 0 Å². The Morgan fingerprint density at radius 1 is 0.894 bits per heavy atom. The molecule has 0 aromatic heterocycles. The van der Waals surface area contributed by atoms with E-state index in [1.165, 1.54) is 13.0 Å². The number of benzene rings is 2. The number of hydrogen-bond donors (Lipinski definition) is 0. The van der Waals surface area contributed by atoms with E-state index in [4.69, 9.17) is 23.7 Å². The number of carbonyl (C=O) groups is 4. The highest BCUT2D eigenvalue weighted by Crippen LogP contribution is 2.68. The van der Waals surface area contributed by atoms with Crippen LogP contribution < -0.4 is 0 Å². The highest BCUT2D eigenvalue weighted by Gasteiger charge is 2.82. The quantitative estimate of drug-likeness (QED) is 0.175. The molecule has 47 heavy (non-hydrogen) atoms. The van der Waals surface area contributed by atoms with Gasteiger partial charge in [-0.1, -0.05) is 69.3 Å². The summed E-state index contributed by atoms with van der Waals surface area (Å²) in [6, 6.07) is 17.9. The first-order valence-electron chi connectivity index (χ1n) is 16.5. The van der Waals surface area contributed by atoms with Crippen LogP contribution in [0.15, 0.2) is 66.7 Å². The molecule has 1 aliphatic heterocycles. The molecule has 3 fully saturated rings. The van der Waals surface area contributed by atoms with Crippen LogP contribution in [0.5, 0.6) is 0 Å². The molecule has 1 saturated heterocycles. The Hall–Kier alpha value is -3.98. The molecular formula is C38H46O9. The molecule has 9 heteroatoms. The molecule has 2 aliphatic carbocycles. The van der Waals surface area contributed by atoms with Gasteiger partial charge in [0.25, 0.3) is 0 Å². The Balaban J connectivity index is 1.67. The second-order valence-electron chi connectivity index (χ2n) is 13.9. The topological polar surface area (TPSA) is 114 Å². The van der Waals surface area contributed by atoms with Crippen LogP contribution in [0.4, 0.5) is 0 Å². The Morgan fingerprint density at radius 2 is 1.53 bits per heavy atom. The summed E-state index contributed by atoms with van der Waals surface area (Å²) in [6.45, 7) is 12.6. The largest absolute Gasteiger partial charge is 0.459 e. The van der Waals surface area contributed by atoms with Crippen molar-refractivity contribution in [1.29, 1.82) is 0 Å². The van der Waals surface area contributed by atoms with E-state index in [9.17, 15) is 19.2 Å². The molecule has 1 heterocycles. The van der Waals surface area contributed by atoms with Crippen molar-refractivity contribution in [3.05, 3.63) is 77.9 Å². The molecular weight excluding hydrogens is 600 g/mol. The van der Waals surface area contributed by atoms with Gasteiger partial charge in [-0.2, -0.15) is 0 Å². The number of esters is 4. The van der Waals surface area contributed by atoms with Crippen LogP contribution >= 0.6 is 0 Å². The zero-order chi connectivity index (χ0) is 34.1. The molecule has 3 aliphatic rings. The van der Waals surface area contributed by atoms with Crippen LogP contribution in [0.3, 0.4) is 0 Å². The van der Waals surface area contributed by atoms with Crippen LogP contribution in [-0.4, -0.2) is 59.5 Å². The molecule has 5 rings (SSSR count). The predicted octanol–water partition coefficient (Wildman–Crippen LogP) is 6.34. The predicted molar refractivity (Wildman–Crippen MR) is 174 cm³/mol. The summed E-state index contributed by atoms with van der Waals surface area (Å²) in [6.07, 6.45) is 0.591. The molecule has 0 N–H and O–H groups in total. The summed E-state index contributed by atoms with van der Waals surface area (Å²) >= 11 is 0.